The second kappa shape index (κ2) is 5.02. The van der Waals surface area contributed by atoms with Gasteiger partial charge in [0.25, 0.3) is 0 Å². The van der Waals surface area contributed by atoms with Crippen LogP contribution in [0, 0.1) is 29.1 Å². The molecular formula is C19H26O3. The summed E-state index contributed by atoms with van der Waals surface area (Å²) in [5.41, 5.74) is 1.31. The molecule has 4 aliphatic rings. The van der Waals surface area contributed by atoms with E-state index in [1.165, 1.54) is 32.1 Å². The van der Waals surface area contributed by atoms with Crippen LogP contribution < -0.4 is 0 Å². The lowest BCUT2D eigenvalue weighted by Gasteiger charge is -2.53. The number of hydrogen-bond donors (Lipinski definition) is 1. The lowest BCUT2D eigenvalue weighted by Crippen LogP contribution is -2.52. The predicted octanol–water partition coefficient (Wildman–Crippen LogP) is 3.06. The van der Waals surface area contributed by atoms with Gasteiger partial charge in [0.05, 0.1) is 6.10 Å². The van der Waals surface area contributed by atoms with Gasteiger partial charge in [-0.3, -0.25) is 9.59 Å². The van der Waals surface area contributed by atoms with Gasteiger partial charge in [0.15, 0.2) is 5.78 Å². The van der Waals surface area contributed by atoms with Crippen molar-refractivity contribution in [2.75, 3.05) is 0 Å². The van der Waals surface area contributed by atoms with Crippen LogP contribution in [0.5, 0.6) is 0 Å². The van der Waals surface area contributed by atoms with Crippen molar-refractivity contribution in [3.05, 3.63) is 11.6 Å². The second-order valence-corrected chi connectivity index (χ2v) is 8.07. The number of hydrogen-bond acceptors (Lipinski definition) is 3. The van der Waals surface area contributed by atoms with Crippen molar-refractivity contribution in [3.8, 4) is 0 Å². The van der Waals surface area contributed by atoms with E-state index in [1.807, 2.05) is 0 Å². The molecule has 0 aromatic carbocycles. The third kappa shape index (κ3) is 1.90. The van der Waals surface area contributed by atoms with Crippen LogP contribution >= 0.6 is 0 Å². The average Bonchev–Trinajstić information content (AvgIpc) is 2.90. The van der Waals surface area contributed by atoms with E-state index in [2.05, 4.69) is 6.92 Å². The first kappa shape index (κ1) is 14.6. The molecule has 0 aliphatic heterocycles. The zero-order chi connectivity index (χ0) is 15.5. The number of fused-ring (bicyclic) bond motifs is 5. The molecule has 6 atom stereocenters. The Bertz CT molecular complexity index is 549. The van der Waals surface area contributed by atoms with E-state index in [-0.39, 0.29) is 30.0 Å². The quantitative estimate of drug-likeness (QED) is 0.810. The minimum Gasteiger partial charge on any atom is -0.392 e. The Morgan fingerprint density at radius 2 is 2.05 bits per heavy atom. The van der Waals surface area contributed by atoms with Crippen molar-refractivity contribution in [3.63, 3.8) is 0 Å². The van der Waals surface area contributed by atoms with Crippen molar-refractivity contribution >= 4 is 11.6 Å². The van der Waals surface area contributed by atoms with Gasteiger partial charge in [-0.15, -0.1) is 0 Å². The number of Topliss-reactive ketones (excluding diaryl/α,β-unsaturated/α-hetero) is 1. The van der Waals surface area contributed by atoms with E-state index in [4.69, 9.17) is 0 Å². The smallest absolute Gasteiger partial charge is 0.158 e. The number of carbonyl (C=O) groups is 2. The maximum atomic E-state index is 12.9. The third-order valence-corrected chi connectivity index (χ3v) is 7.36. The van der Waals surface area contributed by atoms with E-state index < -0.39 is 6.10 Å². The summed E-state index contributed by atoms with van der Waals surface area (Å²) < 4.78 is 0. The predicted molar refractivity (Wildman–Crippen MR) is 83.1 cm³/mol. The molecule has 0 radical (unpaired) electrons. The normalized spacial score (nSPS) is 47.5. The number of aliphatic hydroxyl groups excluding tert-OH is 1. The molecule has 0 heterocycles. The van der Waals surface area contributed by atoms with Gasteiger partial charge in [0.1, 0.15) is 5.78 Å². The van der Waals surface area contributed by atoms with Crippen molar-refractivity contribution < 1.29 is 14.7 Å². The van der Waals surface area contributed by atoms with Gasteiger partial charge in [-0.25, -0.2) is 0 Å². The van der Waals surface area contributed by atoms with Gasteiger partial charge in [-0.05, 0) is 49.0 Å². The summed E-state index contributed by atoms with van der Waals surface area (Å²) in [5, 5.41) is 10.5. The number of rotatable bonds is 1. The van der Waals surface area contributed by atoms with E-state index in [9.17, 15) is 14.7 Å². The molecule has 4 aliphatic carbocycles. The molecule has 0 aromatic heterocycles. The zero-order valence-electron chi connectivity index (χ0n) is 13.4. The third-order valence-electron chi connectivity index (χ3n) is 7.36. The van der Waals surface area contributed by atoms with Gasteiger partial charge < -0.3 is 5.11 Å². The molecule has 22 heavy (non-hydrogen) atoms. The maximum absolute atomic E-state index is 12.9. The fourth-order valence-corrected chi connectivity index (χ4v) is 6.44. The highest BCUT2D eigenvalue weighted by molar-refractivity contribution is 5.95. The molecular weight excluding hydrogens is 276 g/mol. The first-order valence-corrected chi connectivity index (χ1v) is 9.00. The topological polar surface area (TPSA) is 54.4 Å². The van der Waals surface area contributed by atoms with Crippen LogP contribution in [0.2, 0.25) is 0 Å². The summed E-state index contributed by atoms with van der Waals surface area (Å²) in [6, 6.07) is 0. The minimum atomic E-state index is -0.566. The van der Waals surface area contributed by atoms with Crippen molar-refractivity contribution in [1.29, 1.82) is 0 Å². The van der Waals surface area contributed by atoms with E-state index in [1.54, 1.807) is 6.08 Å². The van der Waals surface area contributed by atoms with Crippen molar-refractivity contribution in [1.82, 2.24) is 0 Å². The van der Waals surface area contributed by atoms with E-state index in [0.717, 1.165) is 12.0 Å². The Hall–Kier alpha value is -0.960. The molecule has 1 N–H and O–H groups in total. The number of aliphatic hydroxyl groups is 1. The molecule has 4 rings (SSSR count). The Kier molecular flexibility index (Phi) is 3.34. The largest absolute Gasteiger partial charge is 0.392 e. The van der Waals surface area contributed by atoms with Crippen LogP contribution in [-0.2, 0) is 9.59 Å². The standard InChI is InChI=1S/C19H26O3/c1-2-19-6-3-4-14(19)18-13(5-7-19)17-11(9-15(18)21)8-12(20)10-16(17)22/h8,13-14,16-18,22H,2-7,9-10H2,1H3/t13-,14+,16?,17+,18-,19+/m1/s1. The molecule has 3 saturated carbocycles. The van der Waals surface area contributed by atoms with Gasteiger partial charge in [0.2, 0.25) is 0 Å². The molecule has 120 valence electrons. The molecule has 0 amide bonds. The number of ketones is 2. The highest BCUT2D eigenvalue weighted by Crippen LogP contribution is 2.62. The molecule has 1 unspecified atom stereocenters. The summed E-state index contributed by atoms with van der Waals surface area (Å²) >= 11 is 0. The van der Waals surface area contributed by atoms with Crippen molar-refractivity contribution in [2.24, 2.45) is 29.1 Å². The van der Waals surface area contributed by atoms with Crippen LogP contribution in [0.4, 0.5) is 0 Å². The number of carbonyl (C=O) groups excluding carboxylic acids is 2. The molecule has 0 aromatic rings. The zero-order valence-corrected chi connectivity index (χ0v) is 13.4. The highest BCUT2D eigenvalue weighted by atomic mass is 16.3. The lowest BCUT2D eigenvalue weighted by molar-refractivity contribution is -0.138. The van der Waals surface area contributed by atoms with Crippen molar-refractivity contribution in [2.45, 2.75) is 64.4 Å². The first-order chi connectivity index (χ1) is 10.6. The fourth-order valence-electron chi connectivity index (χ4n) is 6.44. The van der Waals surface area contributed by atoms with E-state index in [0.29, 0.717) is 23.5 Å². The summed E-state index contributed by atoms with van der Waals surface area (Å²) in [5.74, 6) is 1.34. The Morgan fingerprint density at radius 1 is 1.23 bits per heavy atom. The van der Waals surface area contributed by atoms with Crippen LogP contribution in [0.1, 0.15) is 58.3 Å². The summed E-state index contributed by atoms with van der Waals surface area (Å²) in [6.45, 7) is 2.28. The first-order valence-electron chi connectivity index (χ1n) is 9.00. The van der Waals surface area contributed by atoms with E-state index >= 15 is 0 Å². The SMILES string of the molecule is CC[C@@]12CCC[C@H]1[C@@H]1C(=O)CC3=CC(=O)CC(O)[C@@H]3[C@H]1CC2. The molecule has 3 fully saturated rings. The molecule has 3 heteroatoms. The average molecular weight is 302 g/mol. The highest BCUT2D eigenvalue weighted by Gasteiger charge is 2.57. The monoisotopic (exact) mass is 302 g/mol. The van der Waals surface area contributed by atoms with Gasteiger partial charge in [-0.1, -0.05) is 25.3 Å². The van der Waals surface area contributed by atoms with Crippen LogP contribution in [-0.4, -0.2) is 22.8 Å². The second-order valence-electron chi connectivity index (χ2n) is 8.07. The van der Waals surface area contributed by atoms with Gasteiger partial charge >= 0.3 is 0 Å². The van der Waals surface area contributed by atoms with Gasteiger partial charge in [-0.2, -0.15) is 0 Å². The lowest BCUT2D eigenvalue weighted by atomic mass is 9.51. The maximum Gasteiger partial charge on any atom is 0.158 e. The fraction of sp³-hybridized carbons (Fsp3) is 0.789. The Balaban J connectivity index is 1.72. The summed E-state index contributed by atoms with van der Waals surface area (Å²) in [6.07, 6.45) is 8.90. The summed E-state index contributed by atoms with van der Waals surface area (Å²) in [7, 11) is 0. The molecule has 0 saturated heterocycles. The Labute approximate surface area is 132 Å². The molecule has 3 nitrogen and oxygen atoms in total. The molecule has 0 spiro atoms. The molecule has 0 bridgehead atoms. The van der Waals surface area contributed by atoms with Crippen LogP contribution in [0.15, 0.2) is 11.6 Å². The van der Waals surface area contributed by atoms with Gasteiger partial charge in [0, 0.05) is 24.7 Å². The Morgan fingerprint density at radius 3 is 2.82 bits per heavy atom. The minimum absolute atomic E-state index is 0.00965. The van der Waals surface area contributed by atoms with Crippen LogP contribution in [0.25, 0.3) is 0 Å². The summed E-state index contributed by atoms with van der Waals surface area (Å²) in [4.78, 5) is 24.6. The van der Waals surface area contributed by atoms with Crippen LogP contribution in [0.3, 0.4) is 0 Å².